The summed E-state index contributed by atoms with van der Waals surface area (Å²) < 4.78 is 0. The van der Waals surface area contributed by atoms with E-state index in [4.69, 9.17) is 32.5 Å². The van der Waals surface area contributed by atoms with Crippen LogP contribution >= 0.6 is 61.1 Å². The first-order valence-electron chi connectivity index (χ1n) is 3.10. The highest BCUT2D eigenvalue weighted by Gasteiger charge is 1.52. The molecule has 0 saturated heterocycles. The molecule has 0 heterocycles. The number of guanidine groups is 1. The third-order valence-corrected chi connectivity index (χ3v) is 0. The molecular formula is C6H10N8S5. The highest BCUT2D eigenvalue weighted by molar-refractivity contribution is 7.78. The molecule has 0 unspecified atom stereocenters. The van der Waals surface area contributed by atoms with E-state index in [1.165, 1.54) is 0 Å². The summed E-state index contributed by atoms with van der Waals surface area (Å²) in [5, 5.41) is 42.8. The topological polar surface area (TPSA) is 195 Å². The van der Waals surface area contributed by atoms with Crippen molar-refractivity contribution >= 4 is 92.9 Å². The van der Waals surface area contributed by atoms with E-state index in [9.17, 15) is 0 Å². The van der Waals surface area contributed by atoms with E-state index in [1.807, 2.05) is 0 Å². The Bertz CT molecular complexity index is 274. The Hall–Kier alpha value is -1.73. The molecule has 0 radical (unpaired) electrons. The molecule has 0 atom stereocenters. The van der Waals surface area contributed by atoms with Crippen LogP contribution in [-0.2, 0) is 0 Å². The first-order valence-corrected chi connectivity index (χ1v) is 5.14. The Labute approximate surface area is 136 Å². The SMILES string of the molecule is N=C(N)N.N=C=S.N=C=S.N=C=S.N=C=S.N=C=S. The van der Waals surface area contributed by atoms with Gasteiger partial charge in [-0.15, -0.1) is 0 Å². The summed E-state index contributed by atoms with van der Waals surface area (Å²) in [6.45, 7) is 0. The molecular weight excluding hydrogens is 344 g/mol. The first kappa shape index (κ1) is 36.0. The van der Waals surface area contributed by atoms with Crippen LogP contribution in [0.15, 0.2) is 0 Å². The lowest BCUT2D eigenvalue weighted by molar-refractivity contribution is 1.39. The summed E-state index contributed by atoms with van der Waals surface area (Å²) in [4.78, 5) is 0. The van der Waals surface area contributed by atoms with Gasteiger partial charge in [-0.3, -0.25) is 5.41 Å². The van der Waals surface area contributed by atoms with Crippen LogP contribution in [0.5, 0.6) is 0 Å². The Morgan fingerprint density at radius 3 is 0.579 bits per heavy atom. The quantitative estimate of drug-likeness (QED) is 0.185. The van der Waals surface area contributed by atoms with Gasteiger partial charge in [0.15, 0.2) is 5.96 Å². The maximum atomic E-state index is 6.06. The highest BCUT2D eigenvalue weighted by atomic mass is 32.1. The first-order chi connectivity index (χ1) is 8.80. The van der Waals surface area contributed by atoms with Gasteiger partial charge in [0.25, 0.3) is 0 Å². The van der Waals surface area contributed by atoms with Crippen LogP contribution in [0.25, 0.3) is 0 Å². The number of rotatable bonds is 0. The number of isothiocyanates is 5. The average Bonchev–Trinajstić information content (AvgIpc) is 2.21. The van der Waals surface area contributed by atoms with Crippen molar-refractivity contribution in [3.8, 4) is 0 Å². The van der Waals surface area contributed by atoms with Gasteiger partial charge < -0.3 is 11.5 Å². The van der Waals surface area contributed by atoms with E-state index >= 15 is 0 Å². The lowest BCUT2D eigenvalue weighted by atomic mass is 11.1. The van der Waals surface area contributed by atoms with Crippen LogP contribution in [0, 0.1) is 32.5 Å². The van der Waals surface area contributed by atoms with Crippen molar-refractivity contribution in [1.82, 2.24) is 0 Å². The zero-order chi connectivity index (χ0) is 17.1. The molecule has 0 aromatic heterocycles. The van der Waals surface area contributed by atoms with Gasteiger partial charge in [-0.1, -0.05) is 0 Å². The fraction of sp³-hybridized carbons (Fsp3) is 0. The van der Waals surface area contributed by atoms with Gasteiger partial charge in [0.1, 0.15) is 0 Å². The van der Waals surface area contributed by atoms with E-state index in [0.717, 1.165) is 0 Å². The third kappa shape index (κ3) is 1110. The van der Waals surface area contributed by atoms with Gasteiger partial charge in [-0.25, -0.2) is 27.0 Å². The molecule has 10 N–H and O–H groups in total. The van der Waals surface area contributed by atoms with Crippen molar-refractivity contribution in [1.29, 1.82) is 32.5 Å². The predicted octanol–water partition coefficient (Wildman–Crippen LogP) is 2.18. The molecule has 0 rings (SSSR count). The third-order valence-electron chi connectivity index (χ3n) is 0. The Balaban J connectivity index is -0.0000000268. The van der Waals surface area contributed by atoms with Crippen LogP contribution in [0.1, 0.15) is 0 Å². The normalized spacial score (nSPS) is 3.37. The van der Waals surface area contributed by atoms with E-state index in [-0.39, 0.29) is 5.96 Å². The van der Waals surface area contributed by atoms with Crippen molar-refractivity contribution in [3.63, 3.8) is 0 Å². The molecule has 8 nitrogen and oxygen atoms in total. The van der Waals surface area contributed by atoms with Crippen molar-refractivity contribution in [2.45, 2.75) is 0 Å². The van der Waals surface area contributed by atoms with E-state index in [1.54, 1.807) is 25.8 Å². The van der Waals surface area contributed by atoms with Gasteiger partial charge in [0.05, 0.1) is 25.8 Å². The average molecular weight is 355 g/mol. The van der Waals surface area contributed by atoms with Gasteiger partial charge in [0.2, 0.25) is 0 Å². The molecule has 0 saturated carbocycles. The minimum atomic E-state index is -0.333. The van der Waals surface area contributed by atoms with Gasteiger partial charge in [0, 0.05) is 0 Å². The van der Waals surface area contributed by atoms with E-state index in [0.29, 0.717) is 0 Å². The molecule has 0 fully saturated rings. The second-order valence-corrected chi connectivity index (χ2v) is 1.99. The molecule has 104 valence electrons. The predicted molar refractivity (Wildman–Crippen MR) is 92.7 cm³/mol. The van der Waals surface area contributed by atoms with Crippen LogP contribution in [0.2, 0.25) is 0 Å². The minimum absolute atomic E-state index is 0.333. The Morgan fingerprint density at radius 2 is 0.579 bits per heavy atom. The highest BCUT2D eigenvalue weighted by Crippen LogP contribution is 1.17. The second-order valence-electron chi connectivity index (χ2n) is 0.966. The van der Waals surface area contributed by atoms with Crippen molar-refractivity contribution in [2.75, 3.05) is 0 Å². The zero-order valence-corrected chi connectivity index (χ0v) is 13.3. The van der Waals surface area contributed by atoms with E-state index < -0.39 is 0 Å². The number of thiocarbonyl (C=S) groups is 5. The van der Waals surface area contributed by atoms with Crippen molar-refractivity contribution in [3.05, 3.63) is 0 Å². The molecule has 0 aliphatic heterocycles. The molecule has 13 heteroatoms. The molecule has 0 amide bonds. The summed E-state index contributed by atoms with van der Waals surface area (Å²) in [6, 6.07) is 0. The number of hydrogen-bond donors (Lipinski definition) is 8. The molecule has 0 aliphatic rings. The van der Waals surface area contributed by atoms with Gasteiger partial charge >= 0.3 is 0 Å². The largest absolute Gasteiger partial charge is 0.370 e. The van der Waals surface area contributed by atoms with Crippen LogP contribution in [-0.4, -0.2) is 31.8 Å². The number of nitrogens with two attached hydrogens (primary N) is 2. The minimum Gasteiger partial charge on any atom is -0.370 e. The van der Waals surface area contributed by atoms with Crippen LogP contribution in [0.3, 0.4) is 0 Å². The lowest BCUT2D eigenvalue weighted by Crippen LogP contribution is -2.20. The summed E-state index contributed by atoms with van der Waals surface area (Å²) in [7, 11) is 0. The second kappa shape index (κ2) is 96.5. The molecule has 0 aliphatic carbocycles. The fourth-order valence-electron chi connectivity index (χ4n) is 0. The number of nitrogens with one attached hydrogen (secondary N) is 6. The standard InChI is InChI=1S/CH5N3.5CHNS/c2-1(3)4;5*2-1-3/h(H5,2,3,4);5*2H. The number of hydrogen-bond acceptors (Lipinski definition) is 11. The summed E-state index contributed by atoms with van der Waals surface area (Å²) in [5.41, 5.74) is 8.94. The Kier molecular flexibility index (Phi) is 183. The summed E-state index contributed by atoms with van der Waals surface area (Å²) in [6.07, 6.45) is 0. The lowest BCUT2D eigenvalue weighted by Gasteiger charge is -1.69. The van der Waals surface area contributed by atoms with Crippen molar-refractivity contribution in [2.24, 2.45) is 11.5 Å². The smallest absolute Gasteiger partial charge is 0.183 e. The molecule has 0 aromatic rings. The van der Waals surface area contributed by atoms with Crippen molar-refractivity contribution < 1.29 is 0 Å². The molecule has 0 spiro atoms. The maximum absolute atomic E-state index is 6.06. The molecule has 0 bridgehead atoms. The Morgan fingerprint density at radius 1 is 0.579 bits per heavy atom. The maximum Gasteiger partial charge on any atom is 0.183 e. The summed E-state index contributed by atoms with van der Waals surface area (Å²) in [5.74, 6) is -0.333. The molecule has 19 heavy (non-hydrogen) atoms. The summed E-state index contributed by atoms with van der Waals surface area (Å²) >= 11 is 19.1. The zero-order valence-electron chi connectivity index (χ0n) is 9.20. The van der Waals surface area contributed by atoms with E-state index in [2.05, 4.69) is 72.6 Å². The fourth-order valence-corrected chi connectivity index (χ4v) is 0. The van der Waals surface area contributed by atoms with Crippen LogP contribution < -0.4 is 11.5 Å². The van der Waals surface area contributed by atoms with Crippen LogP contribution in [0.4, 0.5) is 0 Å². The van der Waals surface area contributed by atoms with Gasteiger partial charge in [-0.05, 0) is 61.1 Å². The molecule has 0 aromatic carbocycles. The van der Waals surface area contributed by atoms with Gasteiger partial charge in [-0.2, -0.15) is 0 Å². The monoisotopic (exact) mass is 354 g/mol.